The Balaban J connectivity index is 1.23. The van der Waals surface area contributed by atoms with E-state index < -0.39 is 0 Å². The number of furan rings is 1. The summed E-state index contributed by atoms with van der Waals surface area (Å²) in [4.78, 5) is 23.4. The van der Waals surface area contributed by atoms with Gasteiger partial charge in [0.15, 0.2) is 4.34 Å². The molecule has 1 saturated heterocycles. The summed E-state index contributed by atoms with van der Waals surface area (Å²) in [7, 11) is 0. The molecule has 0 N–H and O–H groups in total. The molecular formula is C24H20BrN3O3S2. The van der Waals surface area contributed by atoms with Gasteiger partial charge < -0.3 is 14.1 Å². The van der Waals surface area contributed by atoms with Crippen molar-refractivity contribution in [3.05, 3.63) is 64.8 Å². The first-order valence-electron chi connectivity index (χ1n) is 10.4. The third kappa shape index (κ3) is 5.55. The van der Waals surface area contributed by atoms with E-state index >= 15 is 0 Å². The van der Waals surface area contributed by atoms with E-state index in [2.05, 4.69) is 25.9 Å². The molecule has 0 unspecified atom stereocenters. The molecule has 1 aliphatic heterocycles. The van der Waals surface area contributed by atoms with Gasteiger partial charge in [-0.15, -0.1) is 11.3 Å². The van der Waals surface area contributed by atoms with Crippen molar-refractivity contribution in [3.8, 4) is 11.3 Å². The molecule has 9 heteroatoms. The zero-order valence-corrected chi connectivity index (χ0v) is 20.8. The molecule has 0 spiro atoms. The number of carbonyl (C=O) groups excluding carboxylic acids is 1. The van der Waals surface area contributed by atoms with Crippen molar-refractivity contribution >= 4 is 67.1 Å². The smallest absolute Gasteiger partial charge is 0.233 e. The van der Waals surface area contributed by atoms with E-state index in [1.807, 2.05) is 59.5 Å². The van der Waals surface area contributed by atoms with Crippen molar-refractivity contribution in [3.63, 3.8) is 0 Å². The molecule has 0 atom stereocenters. The van der Waals surface area contributed by atoms with E-state index in [9.17, 15) is 4.79 Å². The fourth-order valence-corrected chi connectivity index (χ4v) is 5.66. The molecule has 6 nitrogen and oxygen atoms in total. The van der Waals surface area contributed by atoms with Crippen LogP contribution in [-0.2, 0) is 9.53 Å². The van der Waals surface area contributed by atoms with Crippen LogP contribution in [0, 0.1) is 0 Å². The van der Waals surface area contributed by atoms with Gasteiger partial charge in [0.2, 0.25) is 5.91 Å². The number of carbonyl (C=O) groups is 1. The third-order valence-corrected chi connectivity index (χ3v) is 7.81. The Labute approximate surface area is 207 Å². The Morgan fingerprint density at radius 1 is 1.15 bits per heavy atom. The van der Waals surface area contributed by atoms with Crippen molar-refractivity contribution in [1.82, 2.24) is 9.88 Å². The highest BCUT2D eigenvalue weighted by Gasteiger charge is 2.17. The predicted molar refractivity (Wildman–Crippen MR) is 137 cm³/mol. The van der Waals surface area contributed by atoms with Gasteiger partial charge in [0.05, 0.1) is 41.1 Å². The zero-order chi connectivity index (χ0) is 22.6. The van der Waals surface area contributed by atoms with E-state index in [1.165, 1.54) is 11.8 Å². The van der Waals surface area contributed by atoms with Crippen LogP contribution in [0.5, 0.6) is 0 Å². The maximum atomic E-state index is 12.4. The number of aliphatic imine (C=N–C) groups is 1. The fourth-order valence-electron chi connectivity index (χ4n) is 3.39. The van der Waals surface area contributed by atoms with Crippen LogP contribution < -0.4 is 0 Å². The van der Waals surface area contributed by atoms with E-state index in [4.69, 9.17) is 9.15 Å². The van der Waals surface area contributed by atoms with Gasteiger partial charge in [-0.2, -0.15) is 0 Å². The van der Waals surface area contributed by atoms with Crippen molar-refractivity contribution in [2.75, 3.05) is 32.1 Å². The van der Waals surface area contributed by atoms with E-state index in [0.29, 0.717) is 37.8 Å². The second-order valence-electron chi connectivity index (χ2n) is 7.38. The summed E-state index contributed by atoms with van der Waals surface area (Å²) in [5, 5.41) is 0. The van der Waals surface area contributed by atoms with E-state index in [1.54, 1.807) is 17.6 Å². The molecular weight excluding hydrogens is 522 g/mol. The van der Waals surface area contributed by atoms with Gasteiger partial charge in [-0.3, -0.25) is 9.79 Å². The second-order valence-corrected chi connectivity index (χ2v) is 10.5. The minimum Gasteiger partial charge on any atom is -0.455 e. The van der Waals surface area contributed by atoms with Crippen LogP contribution in [0.1, 0.15) is 5.76 Å². The standard InChI is InChI=1S/C24H20BrN3O3S2/c25-17-3-1-16(2-4-17)21-8-6-19(31-21)14-26-18-5-7-20-22(13-18)33-24(27-20)32-15-23(29)28-9-11-30-12-10-28/h1-8,13-14H,9-12,15H2. The van der Waals surface area contributed by atoms with Gasteiger partial charge in [0.1, 0.15) is 11.5 Å². The molecule has 1 fully saturated rings. The average molecular weight is 542 g/mol. The lowest BCUT2D eigenvalue weighted by atomic mass is 10.2. The van der Waals surface area contributed by atoms with Crippen LogP contribution in [0.2, 0.25) is 0 Å². The number of hydrogen-bond acceptors (Lipinski definition) is 7. The molecule has 0 aliphatic carbocycles. The molecule has 2 aromatic carbocycles. The Kier molecular flexibility index (Phi) is 6.91. The molecule has 168 valence electrons. The molecule has 33 heavy (non-hydrogen) atoms. The van der Waals surface area contributed by atoms with Crippen molar-refractivity contribution < 1.29 is 13.9 Å². The zero-order valence-electron chi connectivity index (χ0n) is 17.6. The van der Waals surface area contributed by atoms with Gasteiger partial charge in [-0.25, -0.2) is 4.98 Å². The molecule has 0 radical (unpaired) electrons. The molecule has 2 aromatic heterocycles. The largest absolute Gasteiger partial charge is 0.455 e. The van der Waals surface area contributed by atoms with Gasteiger partial charge >= 0.3 is 0 Å². The summed E-state index contributed by atoms with van der Waals surface area (Å²) in [5.74, 6) is 2.02. The summed E-state index contributed by atoms with van der Waals surface area (Å²) < 4.78 is 14.2. The van der Waals surface area contributed by atoms with Gasteiger partial charge in [0, 0.05) is 23.1 Å². The highest BCUT2D eigenvalue weighted by atomic mass is 79.9. The van der Waals surface area contributed by atoms with E-state index in [-0.39, 0.29) is 5.91 Å². The first-order chi connectivity index (χ1) is 16.1. The number of thiazole rings is 1. The number of amides is 1. The predicted octanol–water partition coefficient (Wildman–Crippen LogP) is 6.02. The lowest BCUT2D eigenvalue weighted by Crippen LogP contribution is -2.41. The fraction of sp³-hybridized carbons (Fsp3) is 0.208. The summed E-state index contributed by atoms with van der Waals surface area (Å²) in [6, 6.07) is 17.7. The van der Waals surface area contributed by atoms with E-state index in [0.717, 1.165) is 36.0 Å². The lowest BCUT2D eigenvalue weighted by molar-refractivity contribution is -0.132. The summed E-state index contributed by atoms with van der Waals surface area (Å²) in [5.41, 5.74) is 2.76. The highest BCUT2D eigenvalue weighted by molar-refractivity contribution is 9.10. The van der Waals surface area contributed by atoms with Gasteiger partial charge in [0.25, 0.3) is 0 Å². The first-order valence-corrected chi connectivity index (χ1v) is 13.0. The van der Waals surface area contributed by atoms with Crippen LogP contribution in [0.15, 0.2) is 72.8 Å². The summed E-state index contributed by atoms with van der Waals surface area (Å²) in [6.07, 6.45) is 1.72. The Morgan fingerprint density at radius 3 is 2.79 bits per heavy atom. The molecule has 0 saturated carbocycles. The van der Waals surface area contributed by atoms with Gasteiger partial charge in [-0.1, -0.05) is 39.8 Å². The van der Waals surface area contributed by atoms with Crippen molar-refractivity contribution in [2.24, 2.45) is 4.99 Å². The number of rotatable bonds is 6. The molecule has 3 heterocycles. The Morgan fingerprint density at radius 2 is 1.97 bits per heavy atom. The SMILES string of the molecule is O=C(CSc1nc2ccc(N=Cc3ccc(-c4ccc(Br)cc4)o3)cc2s1)N1CCOCC1. The number of halogens is 1. The minimum absolute atomic E-state index is 0.133. The Bertz CT molecular complexity index is 1290. The molecule has 4 aromatic rings. The van der Waals surface area contributed by atoms with Crippen LogP contribution in [-0.4, -0.2) is 54.1 Å². The molecule has 1 amide bonds. The quantitative estimate of drug-likeness (QED) is 0.220. The van der Waals surface area contributed by atoms with Crippen molar-refractivity contribution in [1.29, 1.82) is 0 Å². The van der Waals surface area contributed by atoms with Crippen LogP contribution >= 0.6 is 39.0 Å². The monoisotopic (exact) mass is 541 g/mol. The lowest BCUT2D eigenvalue weighted by Gasteiger charge is -2.26. The number of hydrogen-bond donors (Lipinski definition) is 0. The van der Waals surface area contributed by atoms with Crippen LogP contribution in [0.3, 0.4) is 0 Å². The summed E-state index contributed by atoms with van der Waals surface area (Å²) >= 11 is 6.51. The maximum absolute atomic E-state index is 12.4. The first kappa shape index (κ1) is 22.3. The number of ether oxygens (including phenoxy) is 1. The van der Waals surface area contributed by atoms with Crippen molar-refractivity contribution in [2.45, 2.75) is 4.34 Å². The number of thioether (sulfide) groups is 1. The number of aromatic nitrogens is 1. The maximum Gasteiger partial charge on any atom is 0.233 e. The molecule has 5 rings (SSSR count). The number of nitrogens with zero attached hydrogens (tertiary/aromatic N) is 3. The number of benzene rings is 2. The van der Waals surface area contributed by atoms with Crippen LogP contribution in [0.25, 0.3) is 21.5 Å². The Hall–Kier alpha value is -2.46. The minimum atomic E-state index is 0.133. The third-order valence-electron chi connectivity index (χ3n) is 5.13. The normalized spacial score (nSPS) is 14.4. The topological polar surface area (TPSA) is 67.9 Å². The average Bonchev–Trinajstić information content (AvgIpc) is 3.49. The number of fused-ring (bicyclic) bond motifs is 1. The molecule has 0 bridgehead atoms. The van der Waals surface area contributed by atoms with Gasteiger partial charge in [-0.05, 0) is 42.5 Å². The van der Waals surface area contributed by atoms with Crippen LogP contribution in [0.4, 0.5) is 5.69 Å². The molecule has 1 aliphatic rings. The highest BCUT2D eigenvalue weighted by Crippen LogP contribution is 2.32. The summed E-state index contributed by atoms with van der Waals surface area (Å²) in [6.45, 7) is 2.57. The number of morpholine rings is 1. The second kappa shape index (κ2) is 10.2.